The molecule has 128 valence electrons. The Kier molecular flexibility index (Phi) is 4.47. The van der Waals surface area contributed by atoms with Gasteiger partial charge in [0.1, 0.15) is 5.75 Å². The van der Waals surface area contributed by atoms with Gasteiger partial charge in [0.2, 0.25) is 5.89 Å². The molecule has 0 spiro atoms. The van der Waals surface area contributed by atoms with E-state index in [9.17, 15) is 0 Å². The second-order valence-corrected chi connectivity index (χ2v) is 6.66. The molecule has 0 saturated heterocycles. The molecule has 0 saturated carbocycles. The number of hydrogen-bond acceptors (Lipinski definition) is 4. The summed E-state index contributed by atoms with van der Waals surface area (Å²) in [6.07, 6.45) is 2.81. The molecule has 0 radical (unpaired) electrons. The molecule has 0 amide bonds. The number of methoxy groups -OCH3 is 1. The van der Waals surface area contributed by atoms with Gasteiger partial charge in [0, 0.05) is 23.7 Å². The molecule has 4 nitrogen and oxygen atoms in total. The second kappa shape index (κ2) is 6.90. The first kappa shape index (κ1) is 16.2. The summed E-state index contributed by atoms with van der Waals surface area (Å²) in [5.41, 5.74) is 3.69. The minimum absolute atomic E-state index is 0.699. The Labute approximate surface area is 152 Å². The minimum Gasteiger partial charge on any atom is -0.497 e. The summed E-state index contributed by atoms with van der Waals surface area (Å²) in [6, 6.07) is 13.9. The van der Waals surface area contributed by atoms with Crippen molar-refractivity contribution in [3.63, 3.8) is 0 Å². The first-order chi connectivity index (χ1) is 12.2. The number of oxazole rings is 1. The zero-order chi connectivity index (χ0) is 17.2. The summed E-state index contributed by atoms with van der Waals surface area (Å²) in [5.74, 6) is 2.41. The van der Waals surface area contributed by atoms with Crippen LogP contribution >= 0.6 is 11.6 Å². The van der Waals surface area contributed by atoms with E-state index in [2.05, 4.69) is 22.0 Å². The number of fused-ring (bicyclic) bond motifs is 1. The number of halogens is 1. The van der Waals surface area contributed by atoms with Gasteiger partial charge in [-0.05, 0) is 53.9 Å². The lowest BCUT2D eigenvalue weighted by Gasteiger charge is -2.27. The highest BCUT2D eigenvalue weighted by Gasteiger charge is 2.19. The molecule has 2 aromatic carbocycles. The van der Waals surface area contributed by atoms with Gasteiger partial charge in [0.15, 0.2) is 5.76 Å². The molecule has 0 fully saturated rings. The number of hydrogen-bond donors (Lipinski definition) is 0. The van der Waals surface area contributed by atoms with Crippen molar-refractivity contribution in [3.8, 4) is 17.1 Å². The second-order valence-electron chi connectivity index (χ2n) is 6.22. The molecule has 3 aromatic rings. The monoisotopic (exact) mass is 354 g/mol. The van der Waals surface area contributed by atoms with E-state index in [0.29, 0.717) is 11.6 Å². The topological polar surface area (TPSA) is 38.5 Å². The predicted molar refractivity (Wildman–Crippen MR) is 97.8 cm³/mol. The summed E-state index contributed by atoms with van der Waals surface area (Å²) < 4.78 is 11.3. The van der Waals surface area contributed by atoms with Crippen LogP contribution in [0.5, 0.6) is 5.75 Å². The van der Waals surface area contributed by atoms with Crippen LogP contribution in [0.15, 0.2) is 53.1 Å². The van der Waals surface area contributed by atoms with E-state index in [1.165, 1.54) is 11.1 Å². The number of benzene rings is 2. The largest absolute Gasteiger partial charge is 0.497 e. The molecule has 0 bridgehead atoms. The Bertz CT molecular complexity index is 874. The van der Waals surface area contributed by atoms with Gasteiger partial charge in [-0.15, -0.1) is 0 Å². The first-order valence-electron chi connectivity index (χ1n) is 8.30. The van der Waals surface area contributed by atoms with Crippen molar-refractivity contribution < 1.29 is 9.15 Å². The molecule has 0 atom stereocenters. The van der Waals surface area contributed by atoms with Crippen LogP contribution in [0.25, 0.3) is 11.3 Å². The van der Waals surface area contributed by atoms with Crippen molar-refractivity contribution in [2.45, 2.75) is 19.5 Å². The van der Waals surface area contributed by atoms with Gasteiger partial charge in [-0.3, -0.25) is 4.90 Å². The first-order valence-corrected chi connectivity index (χ1v) is 8.68. The van der Waals surface area contributed by atoms with Crippen LogP contribution in [-0.4, -0.2) is 23.5 Å². The van der Waals surface area contributed by atoms with E-state index < -0.39 is 0 Å². The Morgan fingerprint density at radius 3 is 2.80 bits per heavy atom. The lowest BCUT2D eigenvalue weighted by molar-refractivity contribution is 0.221. The summed E-state index contributed by atoms with van der Waals surface area (Å²) in [4.78, 5) is 6.78. The van der Waals surface area contributed by atoms with E-state index in [-0.39, 0.29) is 0 Å². The normalized spacial score (nSPS) is 14.3. The molecule has 1 aliphatic rings. The van der Waals surface area contributed by atoms with E-state index >= 15 is 0 Å². The summed E-state index contributed by atoms with van der Waals surface area (Å²) in [6.45, 7) is 2.58. The third kappa shape index (κ3) is 3.55. The van der Waals surface area contributed by atoms with Crippen molar-refractivity contribution in [2.75, 3.05) is 13.7 Å². The predicted octanol–water partition coefficient (Wildman–Crippen LogP) is 4.56. The molecular weight excluding hydrogens is 336 g/mol. The summed E-state index contributed by atoms with van der Waals surface area (Å²) in [5, 5.41) is 0.714. The summed E-state index contributed by atoms with van der Waals surface area (Å²) in [7, 11) is 1.70. The van der Waals surface area contributed by atoms with Gasteiger partial charge < -0.3 is 9.15 Å². The standard InChI is InChI=1S/C20H19ClN2O2/c1-24-18-7-4-14-8-9-23(12-16(14)10-18)13-20-22-11-19(25-20)15-2-5-17(21)6-3-15/h2-7,10-11H,8-9,12-13H2,1H3. The van der Waals surface area contributed by atoms with Crippen molar-refractivity contribution in [3.05, 3.63) is 70.7 Å². The van der Waals surface area contributed by atoms with E-state index in [1.54, 1.807) is 13.3 Å². The number of aromatic nitrogens is 1. The molecule has 2 heterocycles. The molecular formula is C20H19ClN2O2. The van der Waals surface area contributed by atoms with Crippen LogP contribution in [0.2, 0.25) is 5.02 Å². The van der Waals surface area contributed by atoms with Gasteiger partial charge in [-0.25, -0.2) is 4.98 Å². The van der Waals surface area contributed by atoms with Crippen LogP contribution in [0.4, 0.5) is 0 Å². The Morgan fingerprint density at radius 2 is 2.00 bits per heavy atom. The molecule has 4 rings (SSSR count). The van der Waals surface area contributed by atoms with E-state index in [1.807, 2.05) is 30.3 Å². The number of nitrogens with zero attached hydrogens (tertiary/aromatic N) is 2. The molecule has 0 aliphatic carbocycles. The fraction of sp³-hybridized carbons (Fsp3) is 0.250. The van der Waals surface area contributed by atoms with Crippen LogP contribution in [-0.2, 0) is 19.5 Å². The van der Waals surface area contributed by atoms with Crippen molar-refractivity contribution in [1.82, 2.24) is 9.88 Å². The van der Waals surface area contributed by atoms with Gasteiger partial charge in [-0.1, -0.05) is 17.7 Å². The Hall–Kier alpha value is -2.30. The lowest BCUT2D eigenvalue weighted by Crippen LogP contribution is -2.30. The van der Waals surface area contributed by atoms with Crippen LogP contribution in [0.1, 0.15) is 17.0 Å². The zero-order valence-corrected chi connectivity index (χ0v) is 14.8. The van der Waals surface area contributed by atoms with Crippen molar-refractivity contribution in [2.24, 2.45) is 0 Å². The van der Waals surface area contributed by atoms with E-state index in [0.717, 1.165) is 42.5 Å². The summed E-state index contributed by atoms with van der Waals surface area (Å²) >= 11 is 5.93. The Morgan fingerprint density at radius 1 is 1.16 bits per heavy atom. The van der Waals surface area contributed by atoms with Crippen LogP contribution in [0, 0.1) is 0 Å². The lowest BCUT2D eigenvalue weighted by atomic mass is 9.99. The van der Waals surface area contributed by atoms with Gasteiger partial charge in [-0.2, -0.15) is 0 Å². The maximum atomic E-state index is 5.93. The maximum Gasteiger partial charge on any atom is 0.209 e. The molecule has 25 heavy (non-hydrogen) atoms. The third-order valence-corrected chi connectivity index (χ3v) is 4.80. The maximum absolute atomic E-state index is 5.93. The molecule has 0 unspecified atom stereocenters. The van der Waals surface area contributed by atoms with Gasteiger partial charge >= 0.3 is 0 Å². The van der Waals surface area contributed by atoms with Gasteiger partial charge in [0.05, 0.1) is 19.9 Å². The number of rotatable bonds is 4. The molecule has 1 aliphatic heterocycles. The van der Waals surface area contributed by atoms with Crippen LogP contribution in [0.3, 0.4) is 0 Å². The quantitative estimate of drug-likeness (QED) is 0.688. The average molecular weight is 355 g/mol. The highest BCUT2D eigenvalue weighted by molar-refractivity contribution is 6.30. The van der Waals surface area contributed by atoms with Gasteiger partial charge in [0.25, 0.3) is 0 Å². The van der Waals surface area contributed by atoms with Crippen LogP contribution < -0.4 is 4.74 Å². The molecule has 0 N–H and O–H groups in total. The highest BCUT2D eigenvalue weighted by Crippen LogP contribution is 2.26. The molecule has 5 heteroatoms. The zero-order valence-electron chi connectivity index (χ0n) is 14.0. The van der Waals surface area contributed by atoms with E-state index in [4.69, 9.17) is 20.8 Å². The highest BCUT2D eigenvalue weighted by atomic mass is 35.5. The smallest absolute Gasteiger partial charge is 0.209 e. The van der Waals surface area contributed by atoms with Crippen molar-refractivity contribution >= 4 is 11.6 Å². The SMILES string of the molecule is COc1ccc2c(c1)CN(Cc1ncc(-c3ccc(Cl)cc3)o1)CC2. The fourth-order valence-electron chi connectivity index (χ4n) is 3.18. The third-order valence-electron chi connectivity index (χ3n) is 4.55. The average Bonchev–Trinajstić information content (AvgIpc) is 3.10. The number of ether oxygens (including phenoxy) is 1. The fourth-order valence-corrected chi connectivity index (χ4v) is 3.30. The minimum atomic E-state index is 0.699. The Balaban J connectivity index is 1.47. The molecule has 1 aromatic heterocycles. The van der Waals surface area contributed by atoms with Crippen molar-refractivity contribution in [1.29, 1.82) is 0 Å².